The molecule has 1 aromatic carbocycles. The molecule has 0 radical (unpaired) electrons. The largest absolute Gasteiger partial charge is 0.459 e. The molecule has 3 rings (SSSR count). The van der Waals surface area contributed by atoms with Crippen molar-refractivity contribution < 1.29 is 9.21 Å². The molecule has 124 valence electrons. The average Bonchev–Trinajstić information content (AvgIpc) is 2.96. The van der Waals surface area contributed by atoms with Crippen LogP contribution in [0, 0.1) is 0 Å². The molecule has 0 aliphatic rings. The Morgan fingerprint density at radius 1 is 1.25 bits per heavy atom. The Morgan fingerprint density at radius 3 is 2.67 bits per heavy atom. The summed E-state index contributed by atoms with van der Waals surface area (Å²) in [6.07, 6.45) is 0. The van der Waals surface area contributed by atoms with Gasteiger partial charge in [0.05, 0.1) is 11.8 Å². The predicted molar refractivity (Wildman–Crippen MR) is 92.1 cm³/mol. The van der Waals surface area contributed by atoms with Gasteiger partial charge in [-0.15, -0.1) is 0 Å². The van der Waals surface area contributed by atoms with Crippen LogP contribution in [0.2, 0.25) is 0 Å². The van der Waals surface area contributed by atoms with Gasteiger partial charge in [0.15, 0.2) is 5.16 Å². The Morgan fingerprint density at radius 2 is 1.96 bits per heavy atom. The van der Waals surface area contributed by atoms with Crippen LogP contribution in [0.1, 0.15) is 18.7 Å². The zero-order valence-electron chi connectivity index (χ0n) is 12.9. The van der Waals surface area contributed by atoms with Crippen LogP contribution in [-0.4, -0.2) is 26.6 Å². The van der Waals surface area contributed by atoms with Gasteiger partial charge < -0.3 is 21.2 Å². The summed E-state index contributed by atoms with van der Waals surface area (Å²) in [6.45, 7) is 1.86. The normalized spacial score (nSPS) is 12.2. The van der Waals surface area contributed by atoms with E-state index in [-0.39, 0.29) is 29.6 Å². The van der Waals surface area contributed by atoms with Crippen molar-refractivity contribution in [2.45, 2.75) is 18.1 Å². The third-order valence-corrected chi connectivity index (χ3v) is 4.08. The van der Waals surface area contributed by atoms with Gasteiger partial charge in [0.2, 0.25) is 17.8 Å². The lowest BCUT2D eigenvalue weighted by atomic mass is 10.2. The molecule has 0 fully saturated rings. The molecule has 2 heterocycles. The first-order chi connectivity index (χ1) is 11.5. The lowest BCUT2D eigenvalue weighted by molar-refractivity contribution is -0.119. The SMILES string of the molecule is C[C@@H](NC(=O)CSc1nc(N)nc(N)n1)c1cc2ccccc2o1. The summed E-state index contributed by atoms with van der Waals surface area (Å²) in [7, 11) is 0. The summed E-state index contributed by atoms with van der Waals surface area (Å²) >= 11 is 1.13. The molecule has 5 N–H and O–H groups in total. The number of nitrogens with two attached hydrogens (primary N) is 2. The molecule has 1 atom stereocenters. The molecule has 3 aromatic rings. The van der Waals surface area contributed by atoms with Gasteiger partial charge in [-0.1, -0.05) is 30.0 Å². The Bertz CT molecular complexity index is 828. The molecule has 24 heavy (non-hydrogen) atoms. The number of nitrogen functional groups attached to an aromatic ring is 2. The van der Waals surface area contributed by atoms with Crippen molar-refractivity contribution in [2.24, 2.45) is 0 Å². The van der Waals surface area contributed by atoms with E-state index in [9.17, 15) is 4.79 Å². The first-order valence-electron chi connectivity index (χ1n) is 7.19. The minimum absolute atomic E-state index is 0.0288. The van der Waals surface area contributed by atoms with Gasteiger partial charge in [0.1, 0.15) is 11.3 Å². The van der Waals surface area contributed by atoms with Crippen LogP contribution in [0.4, 0.5) is 11.9 Å². The topological polar surface area (TPSA) is 133 Å². The molecule has 1 amide bonds. The Labute approximate surface area is 142 Å². The number of fused-ring (bicyclic) bond motifs is 1. The number of furan rings is 1. The molecule has 0 bridgehead atoms. The zero-order valence-corrected chi connectivity index (χ0v) is 13.7. The van der Waals surface area contributed by atoms with Crippen LogP contribution in [0.25, 0.3) is 11.0 Å². The minimum Gasteiger partial charge on any atom is -0.459 e. The van der Waals surface area contributed by atoms with E-state index in [0.717, 1.165) is 22.7 Å². The van der Waals surface area contributed by atoms with Gasteiger partial charge >= 0.3 is 0 Å². The number of aromatic nitrogens is 3. The second-order valence-corrected chi connectivity index (χ2v) is 6.04. The number of amides is 1. The third-order valence-electron chi connectivity index (χ3n) is 3.23. The highest BCUT2D eigenvalue weighted by Crippen LogP contribution is 2.23. The number of thioether (sulfide) groups is 1. The van der Waals surface area contributed by atoms with Gasteiger partial charge in [-0.25, -0.2) is 0 Å². The van der Waals surface area contributed by atoms with Crippen molar-refractivity contribution in [3.8, 4) is 0 Å². The Kier molecular flexibility index (Phi) is 4.52. The quantitative estimate of drug-likeness (QED) is 0.596. The molecular weight excluding hydrogens is 328 g/mol. The Balaban J connectivity index is 1.59. The van der Waals surface area contributed by atoms with Crippen LogP contribution < -0.4 is 16.8 Å². The smallest absolute Gasteiger partial charge is 0.231 e. The minimum atomic E-state index is -0.251. The number of benzene rings is 1. The molecule has 0 saturated carbocycles. The average molecular weight is 344 g/mol. The maximum Gasteiger partial charge on any atom is 0.231 e. The van der Waals surface area contributed by atoms with Crippen molar-refractivity contribution in [1.82, 2.24) is 20.3 Å². The molecule has 0 unspecified atom stereocenters. The molecular formula is C15H16N6O2S. The van der Waals surface area contributed by atoms with Crippen molar-refractivity contribution in [3.05, 3.63) is 36.1 Å². The van der Waals surface area contributed by atoms with E-state index in [4.69, 9.17) is 15.9 Å². The van der Waals surface area contributed by atoms with E-state index in [1.165, 1.54) is 0 Å². The van der Waals surface area contributed by atoms with Gasteiger partial charge in [-0.3, -0.25) is 4.79 Å². The first-order valence-corrected chi connectivity index (χ1v) is 8.17. The monoisotopic (exact) mass is 344 g/mol. The molecule has 9 heteroatoms. The van der Waals surface area contributed by atoms with Crippen molar-refractivity contribution in [1.29, 1.82) is 0 Å². The van der Waals surface area contributed by atoms with Crippen LogP contribution in [0.3, 0.4) is 0 Å². The second kappa shape index (κ2) is 6.75. The van der Waals surface area contributed by atoms with E-state index in [1.807, 2.05) is 37.3 Å². The van der Waals surface area contributed by atoms with Crippen LogP contribution in [0.15, 0.2) is 39.9 Å². The third kappa shape index (κ3) is 3.74. The molecule has 0 aliphatic carbocycles. The number of nitrogens with zero attached hydrogens (tertiary/aromatic N) is 3. The summed E-state index contributed by atoms with van der Waals surface area (Å²) in [5.41, 5.74) is 11.8. The predicted octanol–water partition coefficient (Wildman–Crippen LogP) is 1.75. The lowest BCUT2D eigenvalue weighted by Gasteiger charge is -2.10. The standard InChI is InChI=1S/C15H16N6O2S/c1-8(11-6-9-4-2-3-5-10(9)23-11)18-12(22)7-24-15-20-13(16)19-14(17)21-15/h2-6,8H,7H2,1H3,(H,18,22)(H4,16,17,19,20,21)/t8-/m1/s1. The number of carbonyl (C=O) groups excluding carboxylic acids is 1. The Hall–Kier alpha value is -2.81. The summed E-state index contributed by atoms with van der Waals surface area (Å²) in [6, 6.07) is 9.36. The maximum absolute atomic E-state index is 12.1. The zero-order chi connectivity index (χ0) is 17.1. The summed E-state index contributed by atoms with van der Waals surface area (Å²) in [5, 5.41) is 4.18. The van der Waals surface area contributed by atoms with Gasteiger partial charge in [0.25, 0.3) is 0 Å². The molecule has 0 saturated heterocycles. The first kappa shape index (κ1) is 16.1. The van der Waals surface area contributed by atoms with E-state index < -0.39 is 0 Å². The summed E-state index contributed by atoms with van der Waals surface area (Å²) in [5.74, 6) is 0.712. The van der Waals surface area contributed by atoms with Gasteiger partial charge in [-0.05, 0) is 19.1 Å². The number of para-hydroxylation sites is 1. The second-order valence-electron chi connectivity index (χ2n) is 5.10. The molecule has 0 aliphatic heterocycles. The van der Waals surface area contributed by atoms with E-state index in [1.54, 1.807) is 0 Å². The number of nitrogens with one attached hydrogen (secondary N) is 1. The van der Waals surface area contributed by atoms with Crippen molar-refractivity contribution in [2.75, 3.05) is 17.2 Å². The lowest BCUT2D eigenvalue weighted by Crippen LogP contribution is -2.28. The molecule has 8 nitrogen and oxygen atoms in total. The fourth-order valence-electron chi connectivity index (χ4n) is 2.15. The molecule has 2 aromatic heterocycles. The van der Waals surface area contributed by atoms with Crippen LogP contribution >= 0.6 is 11.8 Å². The van der Waals surface area contributed by atoms with Crippen molar-refractivity contribution >= 4 is 40.5 Å². The highest BCUT2D eigenvalue weighted by Gasteiger charge is 2.15. The molecule has 0 spiro atoms. The van der Waals surface area contributed by atoms with E-state index in [2.05, 4.69) is 20.3 Å². The highest BCUT2D eigenvalue weighted by molar-refractivity contribution is 7.99. The summed E-state index contributed by atoms with van der Waals surface area (Å²) < 4.78 is 5.74. The number of carbonyl (C=O) groups is 1. The van der Waals surface area contributed by atoms with Crippen molar-refractivity contribution in [3.63, 3.8) is 0 Å². The van der Waals surface area contributed by atoms with E-state index in [0.29, 0.717) is 10.9 Å². The summed E-state index contributed by atoms with van der Waals surface area (Å²) in [4.78, 5) is 23.6. The number of rotatable bonds is 5. The number of hydrogen-bond acceptors (Lipinski definition) is 8. The van der Waals surface area contributed by atoms with Gasteiger partial charge in [0, 0.05) is 5.39 Å². The maximum atomic E-state index is 12.1. The number of anilines is 2. The fraction of sp³-hybridized carbons (Fsp3) is 0.200. The van der Waals surface area contributed by atoms with Gasteiger partial charge in [-0.2, -0.15) is 15.0 Å². The van der Waals surface area contributed by atoms with Crippen LogP contribution in [-0.2, 0) is 4.79 Å². The van der Waals surface area contributed by atoms with E-state index >= 15 is 0 Å². The highest BCUT2D eigenvalue weighted by atomic mass is 32.2. The number of hydrogen-bond donors (Lipinski definition) is 3. The fourth-order valence-corrected chi connectivity index (χ4v) is 2.81. The van der Waals surface area contributed by atoms with Crippen LogP contribution in [0.5, 0.6) is 0 Å².